The van der Waals surface area contributed by atoms with Crippen LogP contribution in [0.15, 0.2) is 29.8 Å². The first-order valence-electron chi connectivity index (χ1n) is 6.51. The molecule has 1 aromatic rings. The maximum atomic E-state index is 12.4. The van der Waals surface area contributed by atoms with Crippen molar-refractivity contribution in [2.75, 3.05) is 6.54 Å². The molecule has 1 aliphatic carbocycles. The maximum absolute atomic E-state index is 12.4. The van der Waals surface area contributed by atoms with Gasteiger partial charge in [0.1, 0.15) is 6.17 Å². The molecule has 0 spiro atoms. The zero-order valence-electron chi connectivity index (χ0n) is 10.8. The summed E-state index contributed by atoms with van der Waals surface area (Å²) in [5.41, 5.74) is 9.48. The molecule has 19 heavy (non-hydrogen) atoms. The lowest BCUT2D eigenvalue weighted by molar-refractivity contribution is -0.129. The minimum Gasteiger partial charge on any atom is -0.323 e. The van der Waals surface area contributed by atoms with Gasteiger partial charge < -0.3 is 10.6 Å². The van der Waals surface area contributed by atoms with Gasteiger partial charge in [-0.25, -0.2) is 0 Å². The number of allylic oxidation sites excluding steroid dienone is 1. The van der Waals surface area contributed by atoms with Crippen molar-refractivity contribution in [2.45, 2.75) is 25.9 Å². The Labute approximate surface area is 111 Å². The minimum absolute atomic E-state index is 0.0434. The second-order valence-corrected chi connectivity index (χ2v) is 5.03. The molecule has 0 aromatic heterocycles. The van der Waals surface area contributed by atoms with Crippen molar-refractivity contribution in [1.82, 2.24) is 4.90 Å². The summed E-state index contributed by atoms with van der Waals surface area (Å²) in [6, 6.07) is 7.51. The Kier molecular flexibility index (Phi) is 2.75. The van der Waals surface area contributed by atoms with E-state index < -0.39 is 6.17 Å². The Morgan fingerprint density at radius 3 is 2.68 bits per heavy atom. The fourth-order valence-electron chi connectivity index (χ4n) is 3.02. The Balaban J connectivity index is 2.14. The monoisotopic (exact) mass is 256 g/mol. The van der Waals surface area contributed by atoms with Gasteiger partial charge in [-0.2, -0.15) is 0 Å². The third-order valence-electron chi connectivity index (χ3n) is 3.92. The van der Waals surface area contributed by atoms with E-state index in [2.05, 4.69) is 0 Å². The number of hydrogen-bond acceptors (Lipinski definition) is 3. The van der Waals surface area contributed by atoms with Crippen molar-refractivity contribution >= 4 is 17.3 Å². The van der Waals surface area contributed by atoms with Crippen LogP contribution in [0.4, 0.5) is 0 Å². The first kappa shape index (κ1) is 12.1. The van der Waals surface area contributed by atoms with Crippen LogP contribution in [0.25, 0.3) is 5.57 Å². The molecular formula is C15H16N2O2. The number of rotatable bonds is 0. The van der Waals surface area contributed by atoms with Crippen molar-refractivity contribution in [3.05, 3.63) is 41.0 Å². The summed E-state index contributed by atoms with van der Waals surface area (Å²) in [6.07, 6.45) is 0.967. The molecular weight excluding hydrogens is 240 g/mol. The molecule has 98 valence electrons. The largest absolute Gasteiger partial charge is 0.323 e. The van der Waals surface area contributed by atoms with Gasteiger partial charge in [-0.05, 0) is 18.4 Å². The highest BCUT2D eigenvalue weighted by atomic mass is 16.2. The first-order chi connectivity index (χ1) is 9.11. The number of carbonyl (C=O) groups excluding carboxylic acids is 2. The SMILES string of the molecule is CC(=O)N1CCCC2=C(c3ccccc3C2=O)C1N. The first-order valence-corrected chi connectivity index (χ1v) is 6.51. The van der Waals surface area contributed by atoms with E-state index in [1.54, 1.807) is 4.90 Å². The van der Waals surface area contributed by atoms with E-state index in [9.17, 15) is 9.59 Å². The molecule has 3 rings (SSSR count). The van der Waals surface area contributed by atoms with Gasteiger partial charge in [0.2, 0.25) is 5.91 Å². The van der Waals surface area contributed by atoms with E-state index in [0.29, 0.717) is 18.5 Å². The van der Waals surface area contributed by atoms with E-state index in [4.69, 9.17) is 5.73 Å². The van der Waals surface area contributed by atoms with Gasteiger partial charge in [0.15, 0.2) is 5.78 Å². The van der Waals surface area contributed by atoms with Gasteiger partial charge in [-0.1, -0.05) is 24.3 Å². The predicted octanol–water partition coefficient (Wildman–Crippen LogP) is 1.56. The number of ketones is 1. The zero-order chi connectivity index (χ0) is 13.6. The molecule has 0 fully saturated rings. The number of nitrogens with two attached hydrogens (primary N) is 1. The van der Waals surface area contributed by atoms with Crippen LogP contribution in [0.3, 0.4) is 0 Å². The van der Waals surface area contributed by atoms with Gasteiger partial charge in [0.05, 0.1) is 0 Å². The molecule has 1 aromatic carbocycles. The molecule has 1 unspecified atom stereocenters. The highest BCUT2D eigenvalue weighted by Gasteiger charge is 2.36. The standard InChI is InChI=1S/C15H16N2O2/c1-9(18)17-8-4-7-12-13(15(17)16)10-5-2-3-6-11(10)14(12)19/h2-3,5-6,15H,4,7-8,16H2,1H3. The van der Waals surface area contributed by atoms with E-state index in [-0.39, 0.29) is 11.7 Å². The van der Waals surface area contributed by atoms with E-state index in [0.717, 1.165) is 23.1 Å². The van der Waals surface area contributed by atoms with Crippen LogP contribution in [0.1, 0.15) is 35.7 Å². The summed E-state index contributed by atoms with van der Waals surface area (Å²) in [7, 11) is 0. The van der Waals surface area contributed by atoms with Crippen molar-refractivity contribution < 1.29 is 9.59 Å². The van der Waals surface area contributed by atoms with E-state index in [1.807, 2.05) is 24.3 Å². The van der Waals surface area contributed by atoms with Crippen molar-refractivity contribution in [3.63, 3.8) is 0 Å². The van der Waals surface area contributed by atoms with Gasteiger partial charge in [-0.3, -0.25) is 9.59 Å². The number of fused-ring (bicyclic) bond motifs is 2. The predicted molar refractivity (Wildman–Crippen MR) is 72.3 cm³/mol. The Hall–Kier alpha value is -1.94. The molecule has 2 aliphatic rings. The molecule has 0 bridgehead atoms. The lowest BCUT2D eigenvalue weighted by Crippen LogP contribution is -2.45. The van der Waals surface area contributed by atoms with Crippen LogP contribution < -0.4 is 5.73 Å². The normalized spacial score (nSPS) is 22.1. The van der Waals surface area contributed by atoms with Crippen LogP contribution in [0.5, 0.6) is 0 Å². The Bertz CT molecular complexity index is 604. The van der Waals surface area contributed by atoms with Gasteiger partial charge in [0.25, 0.3) is 0 Å². The zero-order valence-corrected chi connectivity index (χ0v) is 10.8. The molecule has 4 nitrogen and oxygen atoms in total. The fourth-order valence-corrected chi connectivity index (χ4v) is 3.02. The highest BCUT2D eigenvalue weighted by Crippen LogP contribution is 2.38. The van der Waals surface area contributed by atoms with E-state index >= 15 is 0 Å². The topological polar surface area (TPSA) is 63.4 Å². The summed E-state index contributed by atoms with van der Waals surface area (Å²) in [6.45, 7) is 2.13. The minimum atomic E-state index is -0.511. The molecule has 0 saturated carbocycles. The summed E-state index contributed by atoms with van der Waals surface area (Å²) in [4.78, 5) is 25.7. The summed E-state index contributed by atoms with van der Waals surface area (Å²) in [5, 5.41) is 0. The molecule has 1 aliphatic heterocycles. The van der Waals surface area contributed by atoms with E-state index in [1.165, 1.54) is 6.92 Å². The highest BCUT2D eigenvalue weighted by molar-refractivity contribution is 6.21. The summed E-state index contributed by atoms with van der Waals surface area (Å²) in [5.74, 6) is 0.0320. The number of Topliss-reactive ketones (excluding diaryl/α,β-unsaturated/α-hetero) is 1. The third kappa shape index (κ3) is 1.71. The number of benzene rings is 1. The molecule has 1 amide bonds. The average molecular weight is 256 g/mol. The average Bonchev–Trinajstić information content (AvgIpc) is 2.55. The second-order valence-electron chi connectivity index (χ2n) is 5.03. The van der Waals surface area contributed by atoms with Crippen LogP contribution >= 0.6 is 0 Å². The van der Waals surface area contributed by atoms with Crippen LogP contribution in [0, 0.1) is 0 Å². The molecule has 1 atom stereocenters. The van der Waals surface area contributed by atoms with Crippen LogP contribution in [-0.4, -0.2) is 29.3 Å². The number of nitrogens with zero attached hydrogens (tertiary/aromatic N) is 1. The third-order valence-corrected chi connectivity index (χ3v) is 3.92. The Morgan fingerprint density at radius 2 is 2.00 bits per heavy atom. The Morgan fingerprint density at radius 1 is 1.32 bits per heavy atom. The molecule has 0 saturated heterocycles. The van der Waals surface area contributed by atoms with Crippen LogP contribution in [0.2, 0.25) is 0 Å². The van der Waals surface area contributed by atoms with Crippen molar-refractivity contribution in [3.8, 4) is 0 Å². The second kappa shape index (κ2) is 4.31. The lowest BCUT2D eigenvalue weighted by Gasteiger charge is -2.27. The van der Waals surface area contributed by atoms with Crippen molar-refractivity contribution in [2.24, 2.45) is 5.73 Å². The van der Waals surface area contributed by atoms with Crippen molar-refractivity contribution in [1.29, 1.82) is 0 Å². The summed E-state index contributed by atoms with van der Waals surface area (Å²) < 4.78 is 0. The van der Waals surface area contributed by atoms with Crippen LogP contribution in [-0.2, 0) is 4.79 Å². The maximum Gasteiger partial charge on any atom is 0.220 e. The molecule has 4 heteroatoms. The smallest absolute Gasteiger partial charge is 0.220 e. The number of carbonyl (C=O) groups is 2. The molecule has 2 N–H and O–H groups in total. The van der Waals surface area contributed by atoms with Gasteiger partial charge in [0, 0.05) is 30.2 Å². The quantitative estimate of drug-likeness (QED) is 0.766. The number of amides is 1. The molecule has 1 heterocycles. The van der Waals surface area contributed by atoms with Gasteiger partial charge in [-0.15, -0.1) is 0 Å². The number of hydrogen-bond donors (Lipinski definition) is 1. The van der Waals surface area contributed by atoms with Gasteiger partial charge >= 0.3 is 0 Å². The molecule has 0 radical (unpaired) electrons. The lowest BCUT2D eigenvalue weighted by atomic mass is 10.0. The fraction of sp³-hybridized carbons (Fsp3) is 0.333. The summed E-state index contributed by atoms with van der Waals surface area (Å²) >= 11 is 0.